The Kier molecular flexibility index (Phi) is 5.88. The first-order chi connectivity index (χ1) is 10.1. The largest absolute Gasteiger partial charge is 0.497 e. The van der Waals surface area contributed by atoms with Crippen molar-refractivity contribution in [1.29, 1.82) is 0 Å². The van der Waals surface area contributed by atoms with Crippen LogP contribution in [0.5, 0.6) is 11.5 Å². The maximum absolute atomic E-state index is 9.59. The Bertz CT molecular complexity index is 419. The number of hydrogen-bond donors (Lipinski definition) is 1. The maximum atomic E-state index is 9.59. The molecule has 2 rings (SSSR count). The summed E-state index contributed by atoms with van der Waals surface area (Å²) in [6.45, 7) is 1.01. The van der Waals surface area contributed by atoms with Crippen molar-refractivity contribution in [2.24, 2.45) is 0 Å². The van der Waals surface area contributed by atoms with Crippen LogP contribution >= 0.6 is 0 Å². The average molecular weight is 293 g/mol. The summed E-state index contributed by atoms with van der Waals surface area (Å²) in [5.74, 6) is 1.68. The van der Waals surface area contributed by atoms with Crippen LogP contribution in [-0.4, -0.2) is 50.0 Å². The summed E-state index contributed by atoms with van der Waals surface area (Å²) >= 11 is 0. The predicted molar refractivity (Wildman–Crippen MR) is 84.1 cm³/mol. The van der Waals surface area contributed by atoms with Gasteiger partial charge < -0.3 is 19.5 Å². The Morgan fingerprint density at radius 1 is 1.05 bits per heavy atom. The molecular formula is C17H27NO3. The summed E-state index contributed by atoms with van der Waals surface area (Å²) < 4.78 is 10.6. The van der Waals surface area contributed by atoms with Crippen LogP contribution in [0.4, 0.5) is 0 Å². The lowest BCUT2D eigenvalue weighted by Gasteiger charge is -2.33. The Labute approximate surface area is 127 Å². The highest BCUT2D eigenvalue weighted by molar-refractivity contribution is 5.38. The minimum Gasteiger partial charge on any atom is -0.497 e. The Hall–Kier alpha value is -1.26. The van der Waals surface area contributed by atoms with Crippen LogP contribution < -0.4 is 9.47 Å². The fraction of sp³-hybridized carbons (Fsp3) is 0.647. The lowest BCUT2D eigenvalue weighted by molar-refractivity contribution is 0.0847. The second-order valence-corrected chi connectivity index (χ2v) is 5.91. The van der Waals surface area contributed by atoms with E-state index in [0.717, 1.165) is 50.1 Å². The van der Waals surface area contributed by atoms with E-state index >= 15 is 0 Å². The van der Waals surface area contributed by atoms with Gasteiger partial charge in [0.05, 0.1) is 20.3 Å². The van der Waals surface area contributed by atoms with Crippen molar-refractivity contribution in [2.75, 3.05) is 27.8 Å². The van der Waals surface area contributed by atoms with E-state index in [0.29, 0.717) is 6.04 Å². The lowest BCUT2D eigenvalue weighted by Crippen LogP contribution is -2.37. The minimum atomic E-state index is -0.0858. The standard InChI is InChI=1S/C17H27NO3/c1-18(14-4-6-15(19)7-5-14)9-8-13-10-16(20-2)12-17(11-13)21-3/h10-12,14-15,19H,4-9H2,1-3H3. The van der Waals surface area contributed by atoms with Crippen molar-refractivity contribution < 1.29 is 14.6 Å². The summed E-state index contributed by atoms with van der Waals surface area (Å²) in [6.07, 6.45) is 4.95. The number of rotatable bonds is 6. The summed E-state index contributed by atoms with van der Waals surface area (Å²) in [6, 6.07) is 6.64. The quantitative estimate of drug-likeness (QED) is 0.875. The van der Waals surface area contributed by atoms with E-state index in [2.05, 4.69) is 24.1 Å². The summed E-state index contributed by atoms with van der Waals surface area (Å²) in [5.41, 5.74) is 1.23. The highest BCUT2D eigenvalue weighted by atomic mass is 16.5. The molecule has 1 aromatic carbocycles. The zero-order chi connectivity index (χ0) is 15.2. The average Bonchev–Trinajstić information content (AvgIpc) is 2.52. The molecule has 21 heavy (non-hydrogen) atoms. The normalized spacial score (nSPS) is 22.3. The third kappa shape index (κ3) is 4.61. The van der Waals surface area contributed by atoms with Gasteiger partial charge in [0.15, 0.2) is 0 Å². The Balaban J connectivity index is 1.90. The fourth-order valence-electron chi connectivity index (χ4n) is 3.00. The molecule has 1 saturated carbocycles. The smallest absolute Gasteiger partial charge is 0.122 e. The Morgan fingerprint density at radius 3 is 2.14 bits per heavy atom. The van der Waals surface area contributed by atoms with Gasteiger partial charge in [-0.2, -0.15) is 0 Å². The van der Waals surface area contributed by atoms with Gasteiger partial charge in [-0.25, -0.2) is 0 Å². The predicted octanol–water partition coefficient (Wildman–Crippen LogP) is 2.48. The highest BCUT2D eigenvalue weighted by Gasteiger charge is 2.22. The SMILES string of the molecule is COc1cc(CCN(C)C2CCC(O)CC2)cc(OC)c1. The molecule has 4 heteroatoms. The van der Waals surface area contributed by atoms with Crippen LogP contribution in [0, 0.1) is 0 Å². The number of ether oxygens (including phenoxy) is 2. The maximum Gasteiger partial charge on any atom is 0.122 e. The first-order valence-electron chi connectivity index (χ1n) is 7.72. The number of aliphatic hydroxyl groups is 1. The second kappa shape index (κ2) is 7.66. The van der Waals surface area contributed by atoms with Crippen molar-refractivity contribution >= 4 is 0 Å². The molecule has 0 amide bonds. The summed E-state index contributed by atoms with van der Waals surface area (Å²) in [7, 11) is 5.54. The topological polar surface area (TPSA) is 41.9 Å². The first kappa shape index (κ1) is 16.1. The van der Waals surface area contributed by atoms with Gasteiger partial charge in [0.1, 0.15) is 11.5 Å². The van der Waals surface area contributed by atoms with Crippen LogP contribution in [0.15, 0.2) is 18.2 Å². The molecule has 0 aromatic heterocycles. The molecule has 0 atom stereocenters. The van der Waals surface area contributed by atoms with Crippen molar-refractivity contribution in [3.05, 3.63) is 23.8 Å². The van der Waals surface area contributed by atoms with E-state index in [1.807, 2.05) is 6.07 Å². The monoisotopic (exact) mass is 293 g/mol. The number of benzene rings is 1. The third-order valence-electron chi connectivity index (χ3n) is 4.45. The van der Waals surface area contributed by atoms with Gasteiger partial charge in [0.25, 0.3) is 0 Å². The van der Waals surface area contributed by atoms with Crippen molar-refractivity contribution in [1.82, 2.24) is 4.90 Å². The molecule has 1 aliphatic carbocycles. The molecule has 118 valence electrons. The van der Waals surface area contributed by atoms with Crippen molar-refractivity contribution in [2.45, 2.75) is 44.2 Å². The van der Waals surface area contributed by atoms with Gasteiger partial charge in [-0.15, -0.1) is 0 Å². The van der Waals surface area contributed by atoms with Gasteiger partial charge in [0.2, 0.25) is 0 Å². The summed E-state index contributed by atoms with van der Waals surface area (Å²) in [4.78, 5) is 2.41. The molecule has 1 N–H and O–H groups in total. The molecule has 0 spiro atoms. The molecule has 0 heterocycles. The van der Waals surface area contributed by atoms with Gasteiger partial charge in [-0.05, 0) is 56.8 Å². The molecule has 0 bridgehead atoms. The Morgan fingerprint density at radius 2 is 1.62 bits per heavy atom. The van der Waals surface area contributed by atoms with Gasteiger partial charge >= 0.3 is 0 Å². The van der Waals surface area contributed by atoms with Gasteiger partial charge in [-0.1, -0.05) is 0 Å². The number of methoxy groups -OCH3 is 2. The molecule has 0 aliphatic heterocycles. The lowest BCUT2D eigenvalue weighted by atomic mass is 9.92. The molecule has 1 aromatic rings. The van der Waals surface area contributed by atoms with Crippen LogP contribution in [0.25, 0.3) is 0 Å². The number of aliphatic hydroxyl groups excluding tert-OH is 1. The van der Waals surface area contributed by atoms with Crippen molar-refractivity contribution in [3.8, 4) is 11.5 Å². The fourth-order valence-corrected chi connectivity index (χ4v) is 3.00. The summed E-state index contributed by atoms with van der Waals surface area (Å²) in [5, 5.41) is 9.59. The number of hydrogen-bond acceptors (Lipinski definition) is 4. The van der Waals surface area contributed by atoms with E-state index in [4.69, 9.17) is 9.47 Å². The van der Waals surface area contributed by atoms with Crippen molar-refractivity contribution in [3.63, 3.8) is 0 Å². The molecule has 1 aliphatic rings. The number of nitrogens with zero attached hydrogens (tertiary/aromatic N) is 1. The highest BCUT2D eigenvalue weighted by Crippen LogP contribution is 2.25. The molecule has 0 radical (unpaired) electrons. The van der Waals surface area contributed by atoms with Crippen LogP contribution in [-0.2, 0) is 6.42 Å². The zero-order valence-electron chi connectivity index (χ0n) is 13.3. The minimum absolute atomic E-state index is 0.0858. The van der Waals surface area contributed by atoms with E-state index in [1.165, 1.54) is 5.56 Å². The van der Waals surface area contributed by atoms with E-state index in [1.54, 1.807) is 14.2 Å². The van der Waals surface area contributed by atoms with E-state index in [-0.39, 0.29) is 6.10 Å². The molecule has 0 unspecified atom stereocenters. The molecule has 1 fully saturated rings. The first-order valence-corrected chi connectivity index (χ1v) is 7.72. The van der Waals surface area contributed by atoms with Gasteiger partial charge in [0, 0.05) is 18.7 Å². The molecule has 4 nitrogen and oxygen atoms in total. The number of likely N-dealkylation sites (N-methyl/N-ethyl adjacent to an activating group) is 1. The van der Waals surface area contributed by atoms with Crippen LogP contribution in [0.3, 0.4) is 0 Å². The third-order valence-corrected chi connectivity index (χ3v) is 4.45. The van der Waals surface area contributed by atoms with Gasteiger partial charge in [-0.3, -0.25) is 0 Å². The van der Waals surface area contributed by atoms with E-state index in [9.17, 15) is 5.11 Å². The van der Waals surface area contributed by atoms with E-state index < -0.39 is 0 Å². The van der Waals surface area contributed by atoms with Crippen LogP contribution in [0.1, 0.15) is 31.2 Å². The molecule has 0 saturated heterocycles. The van der Waals surface area contributed by atoms with Crippen LogP contribution in [0.2, 0.25) is 0 Å². The molecular weight excluding hydrogens is 266 g/mol. The second-order valence-electron chi connectivity index (χ2n) is 5.91. The zero-order valence-corrected chi connectivity index (χ0v) is 13.3.